The number of nitrogens with zero attached hydrogens (tertiary/aromatic N) is 4. The maximum absolute atomic E-state index is 10.9. The first-order chi connectivity index (χ1) is 9.69. The van der Waals surface area contributed by atoms with Crippen molar-refractivity contribution in [2.24, 2.45) is 0 Å². The monoisotopic (exact) mass is 270 g/mol. The van der Waals surface area contributed by atoms with Gasteiger partial charge in [-0.2, -0.15) is 9.50 Å². The molecule has 1 aromatic carbocycles. The van der Waals surface area contributed by atoms with Crippen LogP contribution < -0.4 is 4.74 Å². The molecule has 1 N–H and O–H groups in total. The molecule has 0 saturated heterocycles. The maximum Gasteiger partial charge on any atom is 0.375 e. The normalized spacial score (nSPS) is 10.7. The molecule has 20 heavy (non-hydrogen) atoms. The molecule has 0 aliphatic carbocycles. The van der Waals surface area contributed by atoms with Gasteiger partial charge in [-0.15, -0.1) is 5.10 Å². The third-order valence-corrected chi connectivity index (χ3v) is 2.80. The number of benzene rings is 1. The molecule has 0 aliphatic rings. The fourth-order valence-corrected chi connectivity index (χ4v) is 1.89. The molecular formula is C13H10N4O3. The summed E-state index contributed by atoms with van der Waals surface area (Å²) < 4.78 is 6.58. The van der Waals surface area contributed by atoms with Gasteiger partial charge in [-0.25, -0.2) is 9.78 Å². The molecule has 0 amide bonds. The van der Waals surface area contributed by atoms with Crippen LogP contribution in [0.1, 0.15) is 10.6 Å². The lowest BCUT2D eigenvalue weighted by molar-refractivity contribution is 0.0684. The van der Waals surface area contributed by atoms with Gasteiger partial charge in [0.2, 0.25) is 0 Å². The lowest BCUT2D eigenvalue weighted by Gasteiger charge is -2.05. The number of ether oxygens (including phenoxy) is 1. The van der Waals surface area contributed by atoms with E-state index in [-0.39, 0.29) is 11.6 Å². The standard InChI is InChI=1S/C13H10N4O3/c1-20-9-4-2-3-8(7-9)10-5-6-14-13-15-11(12(18)19)16-17(10)13/h2-7H,1H3,(H,18,19). The van der Waals surface area contributed by atoms with E-state index >= 15 is 0 Å². The van der Waals surface area contributed by atoms with Crippen LogP contribution in [0.3, 0.4) is 0 Å². The van der Waals surface area contributed by atoms with Crippen molar-refractivity contribution in [3.8, 4) is 17.0 Å². The second-order valence-corrected chi connectivity index (χ2v) is 4.01. The third kappa shape index (κ3) is 1.95. The van der Waals surface area contributed by atoms with E-state index < -0.39 is 5.97 Å². The SMILES string of the molecule is COc1cccc(-c2ccnc3nc(C(=O)O)nn23)c1. The summed E-state index contributed by atoms with van der Waals surface area (Å²) in [5.74, 6) is -0.534. The van der Waals surface area contributed by atoms with E-state index in [1.165, 1.54) is 4.52 Å². The molecule has 0 unspecified atom stereocenters. The summed E-state index contributed by atoms with van der Waals surface area (Å²) in [6.07, 6.45) is 1.56. The third-order valence-electron chi connectivity index (χ3n) is 2.80. The summed E-state index contributed by atoms with van der Waals surface area (Å²) in [4.78, 5) is 18.8. The molecule has 100 valence electrons. The highest BCUT2D eigenvalue weighted by atomic mass is 16.5. The highest BCUT2D eigenvalue weighted by Gasteiger charge is 2.14. The van der Waals surface area contributed by atoms with Gasteiger partial charge in [0.15, 0.2) is 0 Å². The zero-order valence-electron chi connectivity index (χ0n) is 10.5. The molecule has 7 heteroatoms. The van der Waals surface area contributed by atoms with Crippen LogP contribution in [-0.4, -0.2) is 37.8 Å². The Balaban J connectivity index is 2.22. The van der Waals surface area contributed by atoms with Crippen molar-refractivity contribution in [2.75, 3.05) is 7.11 Å². The lowest BCUT2D eigenvalue weighted by atomic mass is 10.1. The highest BCUT2D eigenvalue weighted by Crippen LogP contribution is 2.23. The van der Waals surface area contributed by atoms with Gasteiger partial charge in [0.1, 0.15) is 5.75 Å². The summed E-state index contributed by atoms with van der Waals surface area (Å²) in [5, 5.41) is 12.9. The van der Waals surface area contributed by atoms with Gasteiger partial charge in [0, 0.05) is 11.8 Å². The van der Waals surface area contributed by atoms with Crippen LogP contribution in [0.25, 0.3) is 17.0 Å². The fourth-order valence-electron chi connectivity index (χ4n) is 1.89. The van der Waals surface area contributed by atoms with Crippen molar-refractivity contribution < 1.29 is 14.6 Å². The number of aromatic carboxylic acids is 1. The average molecular weight is 270 g/mol. The molecule has 0 bridgehead atoms. The number of carboxylic acids is 1. The molecule has 0 radical (unpaired) electrons. The Labute approximate surface area is 113 Å². The number of hydrogen-bond donors (Lipinski definition) is 1. The van der Waals surface area contributed by atoms with Crippen molar-refractivity contribution >= 4 is 11.7 Å². The van der Waals surface area contributed by atoms with Crippen LogP contribution in [0.15, 0.2) is 36.5 Å². The first-order valence-electron chi connectivity index (χ1n) is 5.78. The minimum absolute atomic E-state index is 0.239. The summed E-state index contributed by atoms with van der Waals surface area (Å²) >= 11 is 0. The highest BCUT2D eigenvalue weighted by molar-refractivity contribution is 5.83. The van der Waals surface area contributed by atoms with Crippen molar-refractivity contribution in [3.63, 3.8) is 0 Å². The quantitative estimate of drug-likeness (QED) is 0.775. The first kappa shape index (κ1) is 12.1. The maximum atomic E-state index is 10.9. The Bertz CT molecular complexity index is 797. The minimum Gasteiger partial charge on any atom is -0.497 e. The fraction of sp³-hybridized carbons (Fsp3) is 0.0769. The Hall–Kier alpha value is -2.96. The van der Waals surface area contributed by atoms with Crippen molar-refractivity contribution in [3.05, 3.63) is 42.4 Å². The molecule has 0 spiro atoms. The van der Waals surface area contributed by atoms with Gasteiger partial charge in [0.05, 0.1) is 12.8 Å². The van der Waals surface area contributed by atoms with Crippen LogP contribution in [0, 0.1) is 0 Å². The van der Waals surface area contributed by atoms with Crippen LogP contribution in [0.2, 0.25) is 0 Å². The van der Waals surface area contributed by atoms with Gasteiger partial charge < -0.3 is 9.84 Å². The topological polar surface area (TPSA) is 89.6 Å². The smallest absolute Gasteiger partial charge is 0.375 e. The van der Waals surface area contributed by atoms with Crippen molar-refractivity contribution in [1.29, 1.82) is 0 Å². The molecule has 0 saturated carbocycles. The Morgan fingerprint density at radius 1 is 1.35 bits per heavy atom. The molecule has 0 aliphatic heterocycles. The van der Waals surface area contributed by atoms with Crippen molar-refractivity contribution in [2.45, 2.75) is 0 Å². The number of rotatable bonds is 3. The molecule has 2 heterocycles. The average Bonchev–Trinajstić information content (AvgIpc) is 2.91. The molecule has 3 aromatic rings. The second kappa shape index (κ2) is 4.61. The first-order valence-corrected chi connectivity index (χ1v) is 5.78. The number of hydrogen-bond acceptors (Lipinski definition) is 5. The Morgan fingerprint density at radius 3 is 2.95 bits per heavy atom. The predicted octanol–water partition coefficient (Wildman–Crippen LogP) is 1.50. The van der Waals surface area contributed by atoms with Crippen LogP contribution in [0.5, 0.6) is 5.75 Å². The second-order valence-electron chi connectivity index (χ2n) is 4.01. The zero-order chi connectivity index (χ0) is 14.1. The summed E-state index contributed by atoms with van der Waals surface area (Å²) in [7, 11) is 1.58. The van der Waals surface area contributed by atoms with Gasteiger partial charge in [-0.1, -0.05) is 12.1 Å². The van der Waals surface area contributed by atoms with E-state index in [9.17, 15) is 4.79 Å². The number of carbonyl (C=O) groups is 1. The number of fused-ring (bicyclic) bond motifs is 1. The summed E-state index contributed by atoms with van der Waals surface area (Å²) in [6, 6.07) is 9.11. The molecule has 0 fully saturated rings. The molecule has 0 atom stereocenters. The lowest BCUT2D eigenvalue weighted by Crippen LogP contribution is -2.00. The van der Waals surface area contributed by atoms with Crippen LogP contribution in [-0.2, 0) is 0 Å². The number of carboxylic acid groups (broad SMARTS) is 1. The zero-order valence-corrected chi connectivity index (χ0v) is 10.5. The van der Waals surface area contributed by atoms with Crippen LogP contribution in [0.4, 0.5) is 0 Å². The molecular weight excluding hydrogens is 260 g/mol. The van der Waals surface area contributed by atoms with E-state index in [1.807, 2.05) is 24.3 Å². The minimum atomic E-state index is -1.19. The largest absolute Gasteiger partial charge is 0.497 e. The number of methoxy groups -OCH3 is 1. The van der Waals surface area contributed by atoms with Crippen molar-refractivity contribution in [1.82, 2.24) is 19.6 Å². The predicted molar refractivity (Wildman–Crippen MR) is 69.7 cm³/mol. The van der Waals surface area contributed by atoms with Crippen LogP contribution >= 0.6 is 0 Å². The Morgan fingerprint density at radius 2 is 2.20 bits per heavy atom. The Kier molecular flexibility index (Phi) is 2.79. The number of aromatic nitrogens is 4. The van der Waals surface area contributed by atoms with Gasteiger partial charge >= 0.3 is 5.97 Å². The molecule has 3 rings (SSSR count). The van der Waals surface area contributed by atoms with E-state index in [2.05, 4.69) is 15.1 Å². The van der Waals surface area contributed by atoms with E-state index in [1.54, 1.807) is 19.4 Å². The van der Waals surface area contributed by atoms with Gasteiger partial charge in [-0.05, 0) is 18.2 Å². The molecule has 2 aromatic heterocycles. The summed E-state index contributed by atoms with van der Waals surface area (Å²) in [5.41, 5.74) is 1.52. The van der Waals surface area contributed by atoms with E-state index in [0.29, 0.717) is 11.4 Å². The van der Waals surface area contributed by atoms with Gasteiger partial charge in [-0.3, -0.25) is 0 Å². The molecule has 7 nitrogen and oxygen atoms in total. The van der Waals surface area contributed by atoms with E-state index in [4.69, 9.17) is 9.84 Å². The van der Waals surface area contributed by atoms with Gasteiger partial charge in [0.25, 0.3) is 11.6 Å². The summed E-state index contributed by atoms with van der Waals surface area (Å²) in [6.45, 7) is 0. The van der Waals surface area contributed by atoms with E-state index in [0.717, 1.165) is 5.56 Å².